The van der Waals surface area contributed by atoms with Crippen LogP contribution in [0.4, 0.5) is 7.77 Å². The van der Waals surface area contributed by atoms with Gasteiger partial charge in [0, 0.05) is 11.6 Å². The molecule has 0 N–H and O–H groups in total. The van der Waals surface area contributed by atoms with E-state index >= 15 is 0 Å². The van der Waals surface area contributed by atoms with Gasteiger partial charge >= 0.3 is 26.7 Å². The third kappa shape index (κ3) is 6.88. The first-order valence-corrected chi connectivity index (χ1v) is 9.73. The van der Waals surface area contributed by atoms with Gasteiger partial charge in [-0.05, 0) is 7.77 Å². The van der Waals surface area contributed by atoms with Crippen LogP contribution in [0.25, 0.3) is 0 Å². The van der Waals surface area contributed by atoms with Crippen molar-refractivity contribution in [2.45, 2.75) is 6.54 Å². The van der Waals surface area contributed by atoms with Crippen molar-refractivity contribution in [3.05, 3.63) is 48.6 Å². The van der Waals surface area contributed by atoms with Crippen LogP contribution in [0.3, 0.4) is 0 Å². The summed E-state index contributed by atoms with van der Waals surface area (Å²) in [6.45, 7) is 3.84. The van der Waals surface area contributed by atoms with Crippen LogP contribution in [0.1, 0.15) is 5.56 Å². The predicted octanol–water partition coefficient (Wildman–Crippen LogP) is 1.31. The summed E-state index contributed by atoms with van der Waals surface area (Å²) in [5.41, 5.74) is 1.04. The summed E-state index contributed by atoms with van der Waals surface area (Å²) in [7, 11) is -8.11. The summed E-state index contributed by atoms with van der Waals surface area (Å²) in [5, 5.41) is 0. The Morgan fingerprint density at radius 1 is 1.16 bits per heavy atom. The second-order valence-corrected chi connectivity index (χ2v) is 8.39. The Hall–Kier alpha value is -1.85. The van der Waals surface area contributed by atoms with Crippen molar-refractivity contribution in [2.75, 3.05) is 27.2 Å². The van der Waals surface area contributed by atoms with Gasteiger partial charge in [-0.1, -0.05) is 36.9 Å². The third-order valence-electron chi connectivity index (χ3n) is 3.15. The average molecular weight is 398 g/mol. The van der Waals surface area contributed by atoms with Crippen molar-refractivity contribution in [3.63, 3.8) is 0 Å². The number of hydrogen-bond donors (Lipinski definition) is 0. The van der Waals surface area contributed by atoms with E-state index in [0.29, 0.717) is 23.6 Å². The molecule has 1 aromatic carbocycles. The zero-order valence-electron chi connectivity index (χ0n) is 13.8. The van der Waals surface area contributed by atoms with Crippen LogP contribution in [-0.2, 0) is 32.1 Å². The average Bonchev–Trinajstić information content (AvgIpc) is 2.43. The molecular formula is C14H20F2N2O5S2+2. The molecule has 1 aromatic rings. The molecule has 0 aliphatic rings. The predicted molar refractivity (Wildman–Crippen MR) is 88.6 cm³/mol. The Balaban J connectivity index is 2.90. The number of halogens is 2. The van der Waals surface area contributed by atoms with E-state index in [1.807, 2.05) is 44.4 Å². The lowest BCUT2D eigenvalue weighted by atomic mass is 10.2. The summed E-state index contributed by atoms with van der Waals surface area (Å²) >= 11 is 0. The van der Waals surface area contributed by atoms with E-state index in [9.17, 15) is 24.6 Å². The van der Waals surface area contributed by atoms with Gasteiger partial charge in [-0.3, -0.25) is 0 Å². The zero-order valence-corrected chi connectivity index (χ0v) is 15.4. The number of benzene rings is 1. The molecule has 0 heterocycles. The fourth-order valence-electron chi connectivity index (χ4n) is 2.06. The number of nitrogens with zero attached hydrogens (tertiary/aromatic N) is 2. The van der Waals surface area contributed by atoms with Gasteiger partial charge < -0.3 is 9.22 Å². The topological polar surface area (TPSA) is 80.5 Å². The summed E-state index contributed by atoms with van der Waals surface area (Å²) in [6.07, 6.45) is 0.603. The first-order valence-electron chi connectivity index (χ1n) is 7.04. The second kappa shape index (κ2) is 8.02. The quantitative estimate of drug-likeness (QED) is 0.217. The molecule has 0 amide bonds. The summed E-state index contributed by atoms with van der Waals surface area (Å²) in [6, 6.07) is 9.49. The lowest BCUT2D eigenvalue weighted by molar-refractivity contribution is -0.903. The molecule has 1 rings (SSSR count). The van der Waals surface area contributed by atoms with Gasteiger partial charge in [0.15, 0.2) is 0 Å². The minimum absolute atomic E-state index is 0.192. The fourth-order valence-corrected chi connectivity index (χ4v) is 3.60. The van der Waals surface area contributed by atoms with Crippen LogP contribution in [0, 0.1) is 0 Å². The molecule has 25 heavy (non-hydrogen) atoms. The smallest absolute Gasteiger partial charge is 0.437 e. The summed E-state index contributed by atoms with van der Waals surface area (Å²) in [4.78, 5) is 0. The van der Waals surface area contributed by atoms with Crippen molar-refractivity contribution in [3.8, 4) is 0 Å². The SMILES string of the molecule is C=CC(OCC[N+](C)(C)Cc1ccccc1)=[N+](S(=O)(=O)F)S(=O)(=O)F. The van der Waals surface area contributed by atoms with Gasteiger partial charge in [0.25, 0.3) is 0 Å². The highest BCUT2D eigenvalue weighted by Crippen LogP contribution is 2.10. The van der Waals surface area contributed by atoms with Crippen molar-refractivity contribution in [1.29, 1.82) is 0 Å². The Kier molecular flexibility index (Phi) is 6.80. The normalized spacial score (nSPS) is 12.5. The molecule has 7 nitrogen and oxygen atoms in total. The van der Waals surface area contributed by atoms with E-state index in [2.05, 4.69) is 6.58 Å². The number of hydrogen-bond acceptors (Lipinski definition) is 5. The van der Waals surface area contributed by atoms with Crippen molar-refractivity contribution < 1.29 is 37.2 Å². The van der Waals surface area contributed by atoms with E-state index in [0.717, 1.165) is 5.56 Å². The minimum atomic E-state index is -5.92. The third-order valence-corrected chi connectivity index (χ3v) is 5.37. The summed E-state index contributed by atoms with van der Waals surface area (Å²) in [5.74, 6) is -1.07. The van der Waals surface area contributed by atoms with E-state index in [4.69, 9.17) is 4.74 Å². The molecule has 0 bridgehead atoms. The zero-order chi connectivity index (χ0) is 19.3. The molecule has 140 valence electrons. The Morgan fingerprint density at radius 3 is 2.12 bits per heavy atom. The van der Waals surface area contributed by atoms with Gasteiger partial charge in [-0.2, -0.15) is 0 Å². The Labute approximate surface area is 146 Å². The molecule has 0 unspecified atom stereocenters. The van der Waals surface area contributed by atoms with Crippen LogP contribution in [-0.4, -0.2) is 57.8 Å². The van der Waals surface area contributed by atoms with Crippen molar-refractivity contribution in [2.24, 2.45) is 0 Å². The first kappa shape index (κ1) is 21.2. The largest absolute Gasteiger partial charge is 0.572 e. The van der Waals surface area contributed by atoms with E-state index < -0.39 is 30.1 Å². The lowest BCUT2D eigenvalue weighted by Crippen LogP contribution is -2.42. The standard InChI is InChI=1S/C14H20F2N2O5S2/c1-4-14(17(24(15,19)20)25(16,21)22)23-11-10-18(2,3)12-13-8-6-5-7-9-13/h4-9H,1,10-12H2,2-3H3/q+2. The van der Waals surface area contributed by atoms with Crippen molar-refractivity contribution in [1.82, 2.24) is 0 Å². The van der Waals surface area contributed by atoms with E-state index in [1.54, 1.807) is 0 Å². The van der Waals surface area contributed by atoms with Gasteiger partial charge in [0.1, 0.15) is 19.7 Å². The van der Waals surface area contributed by atoms with Gasteiger partial charge in [-0.25, -0.2) is 0 Å². The number of rotatable bonds is 8. The second-order valence-electron chi connectivity index (χ2n) is 5.78. The van der Waals surface area contributed by atoms with E-state index in [1.165, 1.54) is 0 Å². The maximum absolute atomic E-state index is 13.1. The highest BCUT2D eigenvalue weighted by molar-refractivity contribution is 7.92. The molecular weight excluding hydrogens is 378 g/mol. The Morgan fingerprint density at radius 2 is 1.68 bits per heavy atom. The first-order chi connectivity index (χ1) is 11.4. The van der Waals surface area contributed by atoms with Gasteiger partial charge in [-0.15, -0.1) is 16.8 Å². The molecule has 0 saturated heterocycles. The highest BCUT2D eigenvalue weighted by atomic mass is 32.3. The molecule has 0 fully saturated rings. The number of ether oxygens (including phenoxy) is 1. The van der Waals surface area contributed by atoms with Crippen LogP contribution >= 0.6 is 0 Å². The van der Waals surface area contributed by atoms with Crippen LogP contribution < -0.4 is 0 Å². The van der Waals surface area contributed by atoms with Crippen LogP contribution in [0.2, 0.25) is 0 Å². The van der Waals surface area contributed by atoms with E-state index in [-0.39, 0.29) is 6.61 Å². The highest BCUT2D eigenvalue weighted by Gasteiger charge is 2.44. The molecule has 0 saturated carbocycles. The molecule has 0 aliphatic carbocycles. The molecule has 0 spiro atoms. The maximum Gasteiger partial charge on any atom is 0.572 e. The maximum atomic E-state index is 13.1. The van der Waals surface area contributed by atoms with Crippen LogP contribution in [0.15, 0.2) is 43.0 Å². The molecule has 0 radical (unpaired) electrons. The fraction of sp³-hybridized carbons (Fsp3) is 0.357. The summed E-state index contributed by atoms with van der Waals surface area (Å²) < 4.78 is 73.9. The lowest BCUT2D eigenvalue weighted by Gasteiger charge is -2.29. The van der Waals surface area contributed by atoms with Crippen molar-refractivity contribution >= 4 is 26.7 Å². The molecule has 0 atom stereocenters. The van der Waals surface area contributed by atoms with Gasteiger partial charge in [0.2, 0.25) is 0 Å². The number of quaternary nitrogens is 1. The molecule has 0 aliphatic heterocycles. The molecule has 0 aromatic heterocycles. The Bertz CT molecular complexity index is 816. The van der Waals surface area contributed by atoms with Gasteiger partial charge in [0.05, 0.1) is 17.5 Å². The molecule has 11 heteroatoms. The van der Waals surface area contributed by atoms with Crippen LogP contribution in [0.5, 0.6) is 0 Å². The number of likely N-dealkylation sites (N-methyl/N-ethyl adjacent to an activating group) is 1. The minimum Gasteiger partial charge on any atom is -0.437 e. The monoisotopic (exact) mass is 398 g/mol.